The highest BCUT2D eigenvalue weighted by Crippen LogP contribution is 2.27. The molecule has 0 bridgehead atoms. The molecule has 14 heavy (non-hydrogen) atoms. The largest absolute Gasteiger partial charge is 0.258 e. The third kappa shape index (κ3) is 1.58. The van der Waals surface area contributed by atoms with Gasteiger partial charge in [-0.25, -0.2) is 0 Å². The second-order valence-electron chi connectivity index (χ2n) is 2.91. The van der Waals surface area contributed by atoms with Gasteiger partial charge in [0.15, 0.2) is 0 Å². The van der Waals surface area contributed by atoms with E-state index >= 15 is 0 Å². The van der Waals surface area contributed by atoms with Gasteiger partial charge in [0.05, 0.1) is 11.8 Å². The van der Waals surface area contributed by atoms with Crippen LogP contribution in [0.2, 0.25) is 0 Å². The molecule has 0 saturated carbocycles. The number of nitrogens with zero attached hydrogens (tertiary/aromatic N) is 2. The first kappa shape index (κ1) is 9.41. The van der Waals surface area contributed by atoms with Crippen molar-refractivity contribution in [2.24, 2.45) is 0 Å². The number of aromatic nitrogens is 1. The number of alkyl halides is 1. The maximum atomic E-state index is 8.85. The van der Waals surface area contributed by atoms with Crippen molar-refractivity contribution in [3.63, 3.8) is 0 Å². The summed E-state index contributed by atoms with van der Waals surface area (Å²) in [6.45, 7) is 0. The Kier molecular flexibility index (Phi) is 2.64. The molecule has 68 valence electrons. The zero-order chi connectivity index (χ0) is 9.97. The van der Waals surface area contributed by atoms with E-state index in [0.29, 0.717) is 0 Å². The highest BCUT2D eigenvalue weighted by atomic mass is 127. The Labute approximate surface area is 95.7 Å². The van der Waals surface area contributed by atoms with Gasteiger partial charge in [-0.15, -0.1) is 0 Å². The van der Waals surface area contributed by atoms with Gasteiger partial charge < -0.3 is 0 Å². The van der Waals surface area contributed by atoms with Crippen molar-refractivity contribution in [3.8, 4) is 6.07 Å². The lowest BCUT2D eigenvalue weighted by atomic mass is 10.1. The monoisotopic (exact) mass is 294 g/mol. The first-order valence-electron chi connectivity index (χ1n) is 4.20. The molecule has 0 radical (unpaired) electrons. The maximum absolute atomic E-state index is 8.85. The van der Waals surface area contributed by atoms with Crippen LogP contribution in [0.3, 0.4) is 0 Å². The van der Waals surface area contributed by atoms with Crippen molar-refractivity contribution >= 4 is 33.4 Å². The topological polar surface area (TPSA) is 36.7 Å². The van der Waals surface area contributed by atoms with E-state index in [2.05, 4.69) is 33.6 Å². The molecule has 1 heterocycles. The highest BCUT2D eigenvalue weighted by Gasteiger charge is 2.10. The minimum absolute atomic E-state index is 0.182. The Bertz CT molecular complexity index is 497. The molecule has 0 amide bonds. The molecule has 3 heteroatoms. The van der Waals surface area contributed by atoms with E-state index in [1.54, 1.807) is 6.20 Å². The van der Waals surface area contributed by atoms with Crippen molar-refractivity contribution in [3.05, 3.63) is 42.2 Å². The normalized spacial score (nSPS) is 12.3. The van der Waals surface area contributed by atoms with Crippen LogP contribution in [0, 0.1) is 11.3 Å². The van der Waals surface area contributed by atoms with Crippen LogP contribution in [-0.4, -0.2) is 4.98 Å². The van der Waals surface area contributed by atoms with Crippen LogP contribution in [-0.2, 0) is 0 Å². The summed E-state index contributed by atoms with van der Waals surface area (Å²) in [7, 11) is 0. The number of benzene rings is 1. The predicted octanol–water partition coefficient (Wildman–Crippen LogP) is 3.23. The van der Waals surface area contributed by atoms with Gasteiger partial charge in [0.25, 0.3) is 0 Å². The van der Waals surface area contributed by atoms with Gasteiger partial charge in [0.1, 0.15) is 3.92 Å². The number of hydrogen-bond donors (Lipinski definition) is 0. The lowest BCUT2D eigenvalue weighted by Crippen LogP contribution is -1.91. The molecular weight excluding hydrogens is 287 g/mol. The fourth-order valence-corrected chi connectivity index (χ4v) is 1.90. The second-order valence-corrected chi connectivity index (χ2v) is 4.15. The number of hydrogen-bond acceptors (Lipinski definition) is 2. The van der Waals surface area contributed by atoms with Crippen LogP contribution in [0.5, 0.6) is 0 Å². The van der Waals surface area contributed by atoms with Crippen LogP contribution in [0.4, 0.5) is 0 Å². The molecule has 0 aliphatic carbocycles. The van der Waals surface area contributed by atoms with Crippen molar-refractivity contribution in [2.75, 3.05) is 0 Å². The van der Waals surface area contributed by atoms with E-state index in [-0.39, 0.29) is 3.92 Å². The van der Waals surface area contributed by atoms with Gasteiger partial charge in [0.2, 0.25) is 0 Å². The van der Waals surface area contributed by atoms with Gasteiger partial charge in [0, 0.05) is 11.6 Å². The Morgan fingerprint density at radius 3 is 2.86 bits per heavy atom. The van der Waals surface area contributed by atoms with Crippen LogP contribution in [0.15, 0.2) is 36.5 Å². The number of fused-ring (bicyclic) bond motifs is 1. The molecule has 0 aliphatic rings. The average molecular weight is 294 g/mol. The van der Waals surface area contributed by atoms with Crippen LogP contribution in [0.25, 0.3) is 10.8 Å². The average Bonchev–Trinajstić information content (AvgIpc) is 2.27. The minimum Gasteiger partial charge on any atom is -0.258 e. The smallest absolute Gasteiger partial charge is 0.140 e. The number of pyridine rings is 1. The maximum Gasteiger partial charge on any atom is 0.140 e. The lowest BCUT2D eigenvalue weighted by molar-refractivity contribution is 1.15. The van der Waals surface area contributed by atoms with E-state index in [0.717, 1.165) is 16.5 Å². The summed E-state index contributed by atoms with van der Waals surface area (Å²) in [6.07, 6.45) is 1.75. The molecule has 1 aromatic heterocycles. The quantitative estimate of drug-likeness (QED) is 0.598. The van der Waals surface area contributed by atoms with Crippen molar-refractivity contribution in [1.82, 2.24) is 4.98 Å². The molecule has 0 spiro atoms. The first-order valence-corrected chi connectivity index (χ1v) is 5.45. The summed E-state index contributed by atoms with van der Waals surface area (Å²) >= 11 is 2.10. The number of nitriles is 1. The lowest BCUT2D eigenvalue weighted by Gasteiger charge is -2.04. The molecule has 0 saturated heterocycles. The zero-order valence-electron chi connectivity index (χ0n) is 7.31. The first-order chi connectivity index (χ1) is 6.83. The van der Waals surface area contributed by atoms with Gasteiger partial charge in [-0.05, 0) is 11.5 Å². The second kappa shape index (κ2) is 3.93. The molecular formula is C11H7IN2. The molecule has 0 fully saturated rings. The third-order valence-corrected chi connectivity index (χ3v) is 2.93. The van der Waals surface area contributed by atoms with Crippen molar-refractivity contribution in [2.45, 2.75) is 3.92 Å². The number of halogens is 1. The SMILES string of the molecule is N#CC(I)c1nccc2ccccc12. The van der Waals surface area contributed by atoms with Gasteiger partial charge in [-0.1, -0.05) is 46.9 Å². The zero-order valence-corrected chi connectivity index (χ0v) is 9.47. The summed E-state index contributed by atoms with van der Waals surface area (Å²) in [5.74, 6) is 0. The van der Waals surface area contributed by atoms with Gasteiger partial charge in [-0.3, -0.25) is 4.98 Å². The van der Waals surface area contributed by atoms with E-state index in [9.17, 15) is 0 Å². The minimum atomic E-state index is -0.182. The number of rotatable bonds is 1. The summed E-state index contributed by atoms with van der Waals surface area (Å²) < 4.78 is -0.182. The van der Waals surface area contributed by atoms with Crippen LogP contribution < -0.4 is 0 Å². The Hall–Kier alpha value is -1.15. The molecule has 0 aliphatic heterocycles. The van der Waals surface area contributed by atoms with Gasteiger partial charge >= 0.3 is 0 Å². The van der Waals surface area contributed by atoms with E-state index < -0.39 is 0 Å². The molecule has 1 atom stereocenters. The summed E-state index contributed by atoms with van der Waals surface area (Å²) in [5, 5.41) is 11.0. The molecule has 0 N–H and O–H groups in total. The fourth-order valence-electron chi connectivity index (χ4n) is 1.41. The molecule has 2 aromatic rings. The van der Waals surface area contributed by atoms with Gasteiger partial charge in [-0.2, -0.15) is 5.26 Å². The third-order valence-electron chi connectivity index (χ3n) is 2.06. The standard InChI is InChI=1S/C11H7IN2/c12-10(7-13)11-9-4-2-1-3-8(9)5-6-14-11/h1-6,10H. The van der Waals surface area contributed by atoms with Crippen molar-refractivity contribution in [1.29, 1.82) is 5.26 Å². The Morgan fingerprint density at radius 1 is 1.29 bits per heavy atom. The Morgan fingerprint density at radius 2 is 2.07 bits per heavy atom. The van der Waals surface area contributed by atoms with Crippen molar-refractivity contribution < 1.29 is 0 Å². The summed E-state index contributed by atoms with van der Waals surface area (Å²) in [5.41, 5.74) is 0.853. The molecule has 2 nitrogen and oxygen atoms in total. The molecule has 1 aromatic carbocycles. The Balaban J connectivity index is 2.72. The van der Waals surface area contributed by atoms with Crippen LogP contribution in [0.1, 0.15) is 9.62 Å². The molecule has 2 rings (SSSR count). The van der Waals surface area contributed by atoms with E-state index in [1.165, 1.54) is 0 Å². The van der Waals surface area contributed by atoms with E-state index in [4.69, 9.17) is 5.26 Å². The predicted molar refractivity (Wildman–Crippen MR) is 64.1 cm³/mol. The molecule has 1 unspecified atom stereocenters. The summed E-state index contributed by atoms with van der Waals surface area (Å²) in [4.78, 5) is 4.25. The van der Waals surface area contributed by atoms with E-state index in [1.807, 2.05) is 30.3 Å². The fraction of sp³-hybridized carbons (Fsp3) is 0.0909. The van der Waals surface area contributed by atoms with Crippen LogP contribution >= 0.6 is 22.6 Å². The highest BCUT2D eigenvalue weighted by molar-refractivity contribution is 14.1. The summed E-state index contributed by atoms with van der Waals surface area (Å²) in [6, 6.07) is 12.1.